The Labute approximate surface area is 126 Å². The zero-order chi connectivity index (χ0) is 13.8. The second-order valence-corrected chi connectivity index (χ2v) is 9.27. The van der Waals surface area contributed by atoms with Crippen molar-refractivity contribution in [1.29, 1.82) is 0 Å². The highest BCUT2D eigenvalue weighted by Gasteiger charge is 2.46. The molecule has 4 nitrogen and oxygen atoms in total. The van der Waals surface area contributed by atoms with E-state index in [9.17, 15) is 13.5 Å². The third kappa shape index (κ3) is 2.32. The molecule has 19 heavy (non-hydrogen) atoms. The topological polar surface area (TPSA) is 57.6 Å². The smallest absolute Gasteiger partial charge is 0.245 e. The minimum absolute atomic E-state index is 0.0580. The van der Waals surface area contributed by atoms with E-state index in [0.717, 1.165) is 24.2 Å². The molecular formula is C11H13Cl2NO3S2. The van der Waals surface area contributed by atoms with Gasteiger partial charge in [0.2, 0.25) is 10.0 Å². The van der Waals surface area contributed by atoms with Gasteiger partial charge in [0.1, 0.15) is 9.23 Å². The van der Waals surface area contributed by atoms with Gasteiger partial charge in [0, 0.05) is 19.0 Å². The molecule has 1 aromatic heterocycles. The number of sulfonamides is 1. The maximum atomic E-state index is 12.5. The summed E-state index contributed by atoms with van der Waals surface area (Å²) in [5.41, 5.74) is 0. The molecule has 2 fully saturated rings. The maximum absolute atomic E-state index is 12.5. The Morgan fingerprint density at radius 3 is 2.63 bits per heavy atom. The molecule has 3 unspecified atom stereocenters. The molecule has 1 saturated heterocycles. The van der Waals surface area contributed by atoms with Gasteiger partial charge in [-0.05, 0) is 24.8 Å². The molecule has 1 N–H and O–H groups in total. The highest BCUT2D eigenvalue weighted by molar-refractivity contribution is 7.89. The van der Waals surface area contributed by atoms with E-state index < -0.39 is 10.0 Å². The van der Waals surface area contributed by atoms with Crippen LogP contribution < -0.4 is 0 Å². The predicted octanol–water partition coefficient (Wildman–Crippen LogP) is 2.45. The van der Waals surface area contributed by atoms with Crippen molar-refractivity contribution in [3.63, 3.8) is 0 Å². The Kier molecular flexibility index (Phi) is 3.61. The lowest BCUT2D eigenvalue weighted by Gasteiger charge is -2.17. The number of thiophene rings is 1. The molecule has 2 heterocycles. The van der Waals surface area contributed by atoms with Gasteiger partial charge in [-0.3, -0.25) is 0 Å². The summed E-state index contributed by atoms with van der Waals surface area (Å²) in [5.74, 6) is 0.320. The Morgan fingerprint density at radius 1 is 1.32 bits per heavy atom. The molecular weight excluding hydrogens is 329 g/mol. The summed E-state index contributed by atoms with van der Waals surface area (Å²) in [4.78, 5) is 0.0821. The van der Waals surface area contributed by atoms with Crippen molar-refractivity contribution in [1.82, 2.24) is 4.31 Å². The van der Waals surface area contributed by atoms with Crippen molar-refractivity contribution in [2.75, 3.05) is 13.1 Å². The first-order valence-corrected chi connectivity index (χ1v) is 9.04. The number of fused-ring (bicyclic) bond motifs is 1. The molecule has 0 amide bonds. The quantitative estimate of drug-likeness (QED) is 0.898. The Bertz CT molecular complexity index is 601. The molecule has 0 spiro atoms. The van der Waals surface area contributed by atoms with Crippen molar-refractivity contribution in [2.45, 2.75) is 23.8 Å². The third-order valence-corrected chi connectivity index (χ3v) is 7.61. The van der Waals surface area contributed by atoms with Gasteiger partial charge in [0.05, 0.1) is 10.4 Å². The molecule has 0 aromatic carbocycles. The van der Waals surface area contributed by atoms with E-state index in [1.807, 2.05) is 0 Å². The molecule has 3 atom stereocenters. The van der Waals surface area contributed by atoms with Crippen molar-refractivity contribution in [3.05, 3.63) is 14.7 Å². The van der Waals surface area contributed by atoms with E-state index >= 15 is 0 Å². The Hall–Kier alpha value is 0.150. The number of halogens is 2. The van der Waals surface area contributed by atoms with E-state index in [-0.39, 0.29) is 27.2 Å². The first-order valence-electron chi connectivity index (χ1n) is 6.02. The summed E-state index contributed by atoms with van der Waals surface area (Å²) in [6.07, 6.45) is 1.27. The number of rotatable bonds is 2. The fourth-order valence-corrected chi connectivity index (χ4v) is 6.68. The Balaban J connectivity index is 1.89. The summed E-state index contributed by atoms with van der Waals surface area (Å²) < 4.78 is 27.0. The predicted molar refractivity (Wildman–Crippen MR) is 75.3 cm³/mol. The number of aliphatic hydroxyl groups is 1. The van der Waals surface area contributed by atoms with Gasteiger partial charge in [-0.15, -0.1) is 11.3 Å². The molecule has 1 aliphatic carbocycles. The average Bonchev–Trinajstić information content (AvgIpc) is 2.96. The summed E-state index contributed by atoms with van der Waals surface area (Å²) in [5, 5.41) is 9.85. The first kappa shape index (κ1) is 14.1. The van der Waals surface area contributed by atoms with E-state index in [4.69, 9.17) is 23.2 Å². The molecule has 1 aliphatic heterocycles. The molecule has 0 radical (unpaired) electrons. The third-order valence-electron chi connectivity index (χ3n) is 4.03. The second kappa shape index (κ2) is 4.86. The van der Waals surface area contributed by atoms with Crippen LogP contribution in [-0.2, 0) is 10.0 Å². The van der Waals surface area contributed by atoms with Crippen LogP contribution in [-0.4, -0.2) is 37.0 Å². The molecule has 8 heteroatoms. The van der Waals surface area contributed by atoms with Crippen LogP contribution in [0.15, 0.2) is 11.0 Å². The molecule has 1 aromatic rings. The lowest BCUT2D eigenvalue weighted by molar-refractivity contribution is 0.129. The maximum Gasteiger partial charge on any atom is 0.245 e. The van der Waals surface area contributed by atoms with Gasteiger partial charge >= 0.3 is 0 Å². The number of hydrogen-bond acceptors (Lipinski definition) is 4. The highest BCUT2D eigenvalue weighted by atomic mass is 35.5. The SMILES string of the molecule is O=S(=O)(c1cc(Cl)sc1Cl)N1CC2CCC(O)C2C1. The van der Waals surface area contributed by atoms with E-state index in [0.29, 0.717) is 17.4 Å². The fraction of sp³-hybridized carbons (Fsp3) is 0.636. The van der Waals surface area contributed by atoms with Crippen molar-refractivity contribution >= 4 is 44.6 Å². The Morgan fingerprint density at radius 2 is 2.05 bits per heavy atom. The monoisotopic (exact) mass is 341 g/mol. The lowest BCUT2D eigenvalue weighted by Crippen LogP contribution is -2.31. The second-order valence-electron chi connectivity index (χ2n) is 5.08. The van der Waals surface area contributed by atoms with Gasteiger partial charge in [-0.2, -0.15) is 4.31 Å². The van der Waals surface area contributed by atoms with Crippen LogP contribution in [0.3, 0.4) is 0 Å². The summed E-state index contributed by atoms with van der Waals surface area (Å²) >= 11 is 12.8. The zero-order valence-electron chi connectivity index (χ0n) is 9.92. The average molecular weight is 342 g/mol. The standard InChI is InChI=1S/C11H13Cl2NO3S2/c12-10-3-9(11(13)18-10)19(16,17)14-4-6-1-2-8(15)7(6)5-14/h3,6-8,15H,1-2,4-5H2. The normalized spacial score (nSPS) is 31.8. The molecule has 106 valence electrons. The molecule has 3 rings (SSSR count). The van der Waals surface area contributed by atoms with Crippen LogP contribution in [0.1, 0.15) is 12.8 Å². The number of nitrogens with zero attached hydrogens (tertiary/aromatic N) is 1. The molecule has 2 aliphatic rings. The van der Waals surface area contributed by atoms with E-state index in [1.165, 1.54) is 10.4 Å². The van der Waals surface area contributed by atoms with Gasteiger partial charge < -0.3 is 5.11 Å². The largest absolute Gasteiger partial charge is 0.393 e. The van der Waals surface area contributed by atoms with E-state index in [2.05, 4.69) is 0 Å². The zero-order valence-corrected chi connectivity index (χ0v) is 13.1. The highest BCUT2D eigenvalue weighted by Crippen LogP contribution is 2.42. The van der Waals surface area contributed by atoms with Crippen LogP contribution >= 0.6 is 34.5 Å². The molecule has 0 bridgehead atoms. The van der Waals surface area contributed by atoms with Crippen LogP contribution in [0.4, 0.5) is 0 Å². The van der Waals surface area contributed by atoms with Crippen molar-refractivity contribution in [2.24, 2.45) is 11.8 Å². The van der Waals surface area contributed by atoms with E-state index in [1.54, 1.807) is 0 Å². The number of hydrogen-bond donors (Lipinski definition) is 1. The number of aliphatic hydroxyl groups excluding tert-OH is 1. The van der Waals surface area contributed by atoms with Gasteiger partial charge in [-0.1, -0.05) is 23.2 Å². The van der Waals surface area contributed by atoms with Gasteiger partial charge in [0.25, 0.3) is 0 Å². The van der Waals surface area contributed by atoms with Crippen LogP contribution in [0.2, 0.25) is 8.67 Å². The lowest BCUT2D eigenvalue weighted by atomic mass is 10.00. The summed E-state index contributed by atoms with van der Waals surface area (Å²) in [6.45, 7) is 0.839. The summed E-state index contributed by atoms with van der Waals surface area (Å²) in [6, 6.07) is 1.40. The minimum Gasteiger partial charge on any atom is -0.393 e. The van der Waals surface area contributed by atoms with Crippen LogP contribution in [0, 0.1) is 11.8 Å². The van der Waals surface area contributed by atoms with Gasteiger partial charge in [0.15, 0.2) is 0 Å². The summed E-state index contributed by atoms with van der Waals surface area (Å²) in [7, 11) is -3.60. The van der Waals surface area contributed by atoms with Crippen LogP contribution in [0.25, 0.3) is 0 Å². The van der Waals surface area contributed by atoms with Crippen molar-refractivity contribution in [3.8, 4) is 0 Å². The minimum atomic E-state index is -3.60. The van der Waals surface area contributed by atoms with Gasteiger partial charge in [-0.25, -0.2) is 8.42 Å². The fourth-order valence-electron chi connectivity index (χ4n) is 3.03. The first-order chi connectivity index (χ1) is 8.89. The van der Waals surface area contributed by atoms with Crippen LogP contribution in [0.5, 0.6) is 0 Å². The van der Waals surface area contributed by atoms with Crippen molar-refractivity contribution < 1.29 is 13.5 Å². The molecule has 1 saturated carbocycles.